The number of aromatic nitrogens is 1. The molecule has 0 spiro atoms. The first-order valence-corrected chi connectivity index (χ1v) is 7.09. The minimum Gasteiger partial charge on any atom is -0.481 e. The molecule has 1 amide bonds. The summed E-state index contributed by atoms with van der Waals surface area (Å²) in [5, 5.41) is 10.3. The van der Waals surface area contributed by atoms with Crippen molar-refractivity contribution in [1.29, 1.82) is 0 Å². The Morgan fingerprint density at radius 3 is 2.95 bits per heavy atom. The van der Waals surface area contributed by atoms with Crippen LogP contribution < -0.4 is 4.74 Å². The average Bonchev–Trinajstić information content (AvgIpc) is 2.52. The van der Waals surface area contributed by atoms with Crippen molar-refractivity contribution < 1.29 is 14.6 Å². The molecule has 0 aliphatic heterocycles. The van der Waals surface area contributed by atoms with E-state index >= 15 is 0 Å². The third-order valence-electron chi connectivity index (χ3n) is 3.13. The zero-order valence-corrected chi connectivity index (χ0v) is 12.5. The van der Waals surface area contributed by atoms with Crippen molar-refractivity contribution in [1.82, 2.24) is 9.88 Å². The van der Waals surface area contributed by atoms with E-state index in [1.807, 2.05) is 13.0 Å². The van der Waals surface area contributed by atoms with Crippen molar-refractivity contribution in [3.8, 4) is 5.75 Å². The van der Waals surface area contributed by atoms with Gasteiger partial charge < -0.3 is 14.7 Å². The van der Waals surface area contributed by atoms with Gasteiger partial charge in [0.15, 0.2) is 6.61 Å². The van der Waals surface area contributed by atoms with Crippen molar-refractivity contribution >= 4 is 28.4 Å². The third kappa shape index (κ3) is 3.62. The van der Waals surface area contributed by atoms with Crippen LogP contribution in [-0.4, -0.2) is 47.2 Å². The predicted octanol–water partition coefficient (Wildman–Crippen LogP) is 2.11. The summed E-state index contributed by atoms with van der Waals surface area (Å²) in [5.41, 5.74) is 0.628. The number of ether oxygens (including phenoxy) is 1. The Morgan fingerprint density at radius 1 is 1.43 bits per heavy atom. The quantitative estimate of drug-likeness (QED) is 0.888. The number of likely N-dealkylation sites (N-methyl/N-ethyl adjacent to an activating group) is 1. The van der Waals surface area contributed by atoms with Gasteiger partial charge in [-0.15, -0.1) is 0 Å². The highest BCUT2D eigenvalue weighted by Crippen LogP contribution is 2.29. The summed E-state index contributed by atoms with van der Waals surface area (Å²) < 4.78 is 5.57. The van der Waals surface area contributed by atoms with Gasteiger partial charge in [0, 0.05) is 24.7 Å². The molecule has 5 nitrogen and oxygen atoms in total. The number of hydrogen-bond donors (Lipinski definition) is 1. The lowest BCUT2D eigenvalue weighted by atomic mass is 10.2. The molecule has 0 fully saturated rings. The number of carbonyl (C=O) groups is 1. The number of rotatable bonds is 6. The fraction of sp³-hybridized carbons (Fsp3) is 0.333. The number of amides is 1. The van der Waals surface area contributed by atoms with Crippen LogP contribution in [0.5, 0.6) is 5.75 Å². The SMILES string of the molecule is CCN(CCO)C(=O)COc1ccc(Cl)c2cccnc12. The van der Waals surface area contributed by atoms with Crippen LogP contribution in [0.15, 0.2) is 30.5 Å². The highest BCUT2D eigenvalue weighted by Gasteiger charge is 2.13. The van der Waals surface area contributed by atoms with E-state index in [9.17, 15) is 4.79 Å². The smallest absolute Gasteiger partial charge is 0.260 e. The molecule has 0 bridgehead atoms. The number of hydrogen-bond acceptors (Lipinski definition) is 4. The van der Waals surface area contributed by atoms with Crippen LogP contribution in [0, 0.1) is 0 Å². The predicted molar refractivity (Wildman–Crippen MR) is 81.6 cm³/mol. The van der Waals surface area contributed by atoms with E-state index < -0.39 is 0 Å². The van der Waals surface area contributed by atoms with E-state index in [0.717, 1.165) is 5.39 Å². The lowest BCUT2D eigenvalue weighted by Crippen LogP contribution is -2.36. The topological polar surface area (TPSA) is 62.7 Å². The van der Waals surface area contributed by atoms with Gasteiger partial charge in [-0.1, -0.05) is 11.6 Å². The van der Waals surface area contributed by atoms with Gasteiger partial charge in [-0.2, -0.15) is 0 Å². The van der Waals surface area contributed by atoms with Crippen molar-refractivity contribution in [2.75, 3.05) is 26.3 Å². The molecule has 1 aromatic heterocycles. The first kappa shape index (κ1) is 15.5. The van der Waals surface area contributed by atoms with Gasteiger partial charge in [0.25, 0.3) is 5.91 Å². The van der Waals surface area contributed by atoms with E-state index in [-0.39, 0.29) is 19.1 Å². The molecule has 0 radical (unpaired) electrons. The average molecular weight is 309 g/mol. The number of fused-ring (bicyclic) bond motifs is 1. The molecule has 6 heteroatoms. The Bertz CT molecular complexity index is 633. The summed E-state index contributed by atoms with van der Waals surface area (Å²) in [6.07, 6.45) is 1.65. The second-order valence-electron chi connectivity index (χ2n) is 4.43. The molecular formula is C15H17ClN2O3. The lowest BCUT2D eigenvalue weighted by Gasteiger charge is -2.19. The monoisotopic (exact) mass is 308 g/mol. The number of aliphatic hydroxyl groups excluding tert-OH is 1. The highest BCUT2D eigenvalue weighted by molar-refractivity contribution is 6.35. The van der Waals surface area contributed by atoms with E-state index in [1.54, 1.807) is 24.4 Å². The molecular weight excluding hydrogens is 292 g/mol. The molecule has 0 atom stereocenters. The zero-order chi connectivity index (χ0) is 15.2. The minimum absolute atomic E-state index is 0.0645. The first-order chi connectivity index (χ1) is 10.2. The van der Waals surface area contributed by atoms with Crippen molar-refractivity contribution in [3.63, 3.8) is 0 Å². The summed E-state index contributed by atoms with van der Waals surface area (Å²) >= 11 is 6.11. The van der Waals surface area contributed by atoms with Crippen LogP contribution in [0.4, 0.5) is 0 Å². The molecule has 21 heavy (non-hydrogen) atoms. The van der Waals surface area contributed by atoms with Crippen LogP contribution in [-0.2, 0) is 4.79 Å². The van der Waals surface area contributed by atoms with Gasteiger partial charge in [-0.25, -0.2) is 0 Å². The molecule has 0 saturated heterocycles. The molecule has 1 N–H and O–H groups in total. The molecule has 0 aliphatic carbocycles. The Balaban J connectivity index is 2.14. The Hall–Kier alpha value is -1.85. The van der Waals surface area contributed by atoms with Gasteiger partial charge in [0.2, 0.25) is 0 Å². The van der Waals surface area contributed by atoms with E-state index in [1.165, 1.54) is 4.90 Å². The summed E-state index contributed by atoms with van der Waals surface area (Å²) in [4.78, 5) is 17.8. The molecule has 0 unspecified atom stereocenters. The Labute approximate surface area is 128 Å². The fourth-order valence-electron chi connectivity index (χ4n) is 2.04. The molecule has 1 aromatic carbocycles. The number of benzene rings is 1. The summed E-state index contributed by atoms with van der Waals surface area (Å²) in [7, 11) is 0. The number of halogens is 1. The maximum atomic E-state index is 12.0. The Morgan fingerprint density at radius 2 is 2.24 bits per heavy atom. The van der Waals surface area contributed by atoms with Crippen LogP contribution in [0.3, 0.4) is 0 Å². The normalized spacial score (nSPS) is 10.6. The van der Waals surface area contributed by atoms with E-state index in [4.69, 9.17) is 21.4 Å². The molecule has 1 heterocycles. The summed E-state index contributed by atoms with van der Waals surface area (Å²) in [6.45, 7) is 2.53. The number of nitrogens with zero attached hydrogens (tertiary/aromatic N) is 2. The van der Waals surface area contributed by atoms with Gasteiger partial charge in [0.05, 0.1) is 11.6 Å². The zero-order valence-electron chi connectivity index (χ0n) is 11.8. The number of carbonyl (C=O) groups excluding carboxylic acids is 1. The highest BCUT2D eigenvalue weighted by atomic mass is 35.5. The second kappa shape index (κ2) is 7.24. The van der Waals surface area contributed by atoms with Crippen molar-refractivity contribution in [3.05, 3.63) is 35.5 Å². The van der Waals surface area contributed by atoms with Gasteiger partial charge in [-0.05, 0) is 31.2 Å². The molecule has 0 saturated carbocycles. The first-order valence-electron chi connectivity index (χ1n) is 6.72. The fourth-order valence-corrected chi connectivity index (χ4v) is 2.25. The second-order valence-corrected chi connectivity index (χ2v) is 4.84. The van der Waals surface area contributed by atoms with Crippen LogP contribution in [0.25, 0.3) is 10.9 Å². The van der Waals surface area contributed by atoms with Crippen molar-refractivity contribution in [2.24, 2.45) is 0 Å². The molecule has 112 valence electrons. The number of pyridine rings is 1. The van der Waals surface area contributed by atoms with Gasteiger partial charge in [-0.3, -0.25) is 9.78 Å². The van der Waals surface area contributed by atoms with Gasteiger partial charge in [0.1, 0.15) is 11.3 Å². The third-order valence-corrected chi connectivity index (χ3v) is 3.46. The molecule has 2 aromatic rings. The van der Waals surface area contributed by atoms with Gasteiger partial charge >= 0.3 is 0 Å². The maximum absolute atomic E-state index is 12.0. The molecule has 2 rings (SSSR count). The lowest BCUT2D eigenvalue weighted by molar-refractivity contribution is -0.133. The van der Waals surface area contributed by atoms with E-state index in [2.05, 4.69) is 4.98 Å². The van der Waals surface area contributed by atoms with E-state index in [0.29, 0.717) is 29.4 Å². The summed E-state index contributed by atoms with van der Waals surface area (Å²) in [5.74, 6) is 0.342. The Kier molecular flexibility index (Phi) is 5.36. The van der Waals surface area contributed by atoms with Crippen LogP contribution in [0.2, 0.25) is 5.02 Å². The van der Waals surface area contributed by atoms with Crippen LogP contribution >= 0.6 is 11.6 Å². The number of aliphatic hydroxyl groups is 1. The summed E-state index contributed by atoms with van der Waals surface area (Å²) in [6, 6.07) is 7.07. The maximum Gasteiger partial charge on any atom is 0.260 e. The largest absolute Gasteiger partial charge is 0.481 e. The van der Waals surface area contributed by atoms with Crippen LogP contribution in [0.1, 0.15) is 6.92 Å². The minimum atomic E-state index is -0.175. The molecule has 0 aliphatic rings. The van der Waals surface area contributed by atoms with Crippen molar-refractivity contribution in [2.45, 2.75) is 6.92 Å². The standard InChI is InChI=1S/C15H17ClN2O3/c1-2-18(8-9-19)14(20)10-21-13-6-5-12(16)11-4-3-7-17-15(11)13/h3-7,19H,2,8-10H2,1H3.